The van der Waals surface area contributed by atoms with Crippen molar-refractivity contribution in [2.45, 2.75) is 84.9 Å². The van der Waals surface area contributed by atoms with Crippen LogP contribution in [0.4, 0.5) is 4.79 Å². The lowest BCUT2D eigenvalue weighted by atomic mass is 10.0. The highest BCUT2D eigenvalue weighted by Gasteiger charge is 2.35. The first-order valence-electron chi connectivity index (χ1n) is 12.4. The number of amides is 4. The molecule has 0 heterocycles. The van der Waals surface area contributed by atoms with Gasteiger partial charge in [0.05, 0.1) is 11.7 Å². The number of hydrogen-bond acceptors (Lipinski definition) is 7. The number of nitrogens with one attached hydrogen (secondary N) is 4. The van der Waals surface area contributed by atoms with E-state index in [4.69, 9.17) is 14.6 Å². The highest BCUT2D eigenvalue weighted by Crippen LogP contribution is 2.14. The summed E-state index contributed by atoms with van der Waals surface area (Å²) < 4.78 is 11.0. The summed E-state index contributed by atoms with van der Waals surface area (Å²) in [5.41, 5.74) is 0.112. The number of hydrogen-bond donors (Lipinski definition) is 5. The summed E-state index contributed by atoms with van der Waals surface area (Å²) in [5.74, 6) is -3.68. The van der Waals surface area contributed by atoms with E-state index in [1.54, 1.807) is 65.8 Å². The number of aliphatic carboxylic acids is 1. The van der Waals surface area contributed by atoms with Crippen molar-refractivity contribution in [3.63, 3.8) is 0 Å². The van der Waals surface area contributed by atoms with Gasteiger partial charge < -0.3 is 35.8 Å². The molecule has 0 aromatic heterocycles. The van der Waals surface area contributed by atoms with Crippen LogP contribution in [0.2, 0.25) is 0 Å². The average molecular weight is 537 g/mol. The van der Waals surface area contributed by atoms with E-state index in [2.05, 4.69) is 21.3 Å². The summed E-state index contributed by atoms with van der Waals surface area (Å²) in [6.07, 6.45) is -1.64. The van der Waals surface area contributed by atoms with Crippen LogP contribution < -0.4 is 21.3 Å². The summed E-state index contributed by atoms with van der Waals surface area (Å²) in [5, 5.41) is 18.7. The third kappa shape index (κ3) is 12.0. The first-order valence-corrected chi connectivity index (χ1v) is 12.4. The molecule has 5 N–H and O–H groups in total. The lowest BCUT2D eigenvalue weighted by Gasteiger charge is -2.32. The Labute approximate surface area is 223 Å². The van der Waals surface area contributed by atoms with Crippen molar-refractivity contribution in [1.29, 1.82) is 0 Å². The topological polar surface area (TPSA) is 172 Å². The van der Waals surface area contributed by atoms with Crippen LogP contribution in [-0.2, 0) is 35.3 Å². The molecule has 1 aromatic rings. The Balaban J connectivity index is 2.92. The molecule has 212 valence electrons. The van der Waals surface area contributed by atoms with Crippen LogP contribution in [0.25, 0.3) is 0 Å². The normalized spacial score (nSPS) is 14.4. The van der Waals surface area contributed by atoms with Gasteiger partial charge in [-0.05, 0) is 46.1 Å². The third-order valence-corrected chi connectivity index (χ3v) is 5.19. The zero-order chi connectivity index (χ0) is 29.0. The van der Waals surface area contributed by atoms with E-state index < -0.39 is 66.2 Å². The fourth-order valence-electron chi connectivity index (χ4n) is 3.36. The summed E-state index contributed by atoms with van der Waals surface area (Å²) in [6.45, 7) is 11.1. The van der Waals surface area contributed by atoms with Crippen LogP contribution in [0, 0.1) is 5.92 Å². The zero-order valence-corrected chi connectivity index (χ0v) is 23.0. The predicted octanol–water partition coefficient (Wildman–Crippen LogP) is 1.33. The molecule has 0 fully saturated rings. The molecule has 4 amide bonds. The van der Waals surface area contributed by atoms with E-state index in [0.29, 0.717) is 0 Å². The smallest absolute Gasteiger partial charge is 0.408 e. The summed E-state index contributed by atoms with van der Waals surface area (Å²) in [7, 11) is 0. The number of carboxylic acid groups (broad SMARTS) is 1. The minimum absolute atomic E-state index is 0.0169. The molecule has 0 saturated heterocycles. The molecular weight excluding hydrogens is 496 g/mol. The van der Waals surface area contributed by atoms with Crippen molar-refractivity contribution in [2.24, 2.45) is 5.92 Å². The molecule has 12 nitrogen and oxygen atoms in total. The highest BCUT2D eigenvalue weighted by atomic mass is 16.5. The number of rotatable bonds is 13. The third-order valence-electron chi connectivity index (χ3n) is 5.19. The van der Waals surface area contributed by atoms with Gasteiger partial charge in [0, 0.05) is 0 Å². The predicted molar refractivity (Wildman–Crippen MR) is 139 cm³/mol. The van der Waals surface area contributed by atoms with Crippen LogP contribution >= 0.6 is 0 Å². The molecule has 4 atom stereocenters. The second-order valence-electron chi connectivity index (χ2n) is 10.2. The molecule has 0 unspecified atom stereocenters. The van der Waals surface area contributed by atoms with Gasteiger partial charge in [-0.1, -0.05) is 44.2 Å². The van der Waals surface area contributed by atoms with Crippen LogP contribution in [0.1, 0.15) is 54.0 Å². The Hall–Kier alpha value is -3.67. The van der Waals surface area contributed by atoms with Gasteiger partial charge in [0.15, 0.2) is 0 Å². The van der Waals surface area contributed by atoms with Crippen molar-refractivity contribution in [2.75, 3.05) is 6.54 Å². The number of benzene rings is 1. The molecule has 38 heavy (non-hydrogen) atoms. The first kappa shape index (κ1) is 32.4. The van der Waals surface area contributed by atoms with Gasteiger partial charge in [0.25, 0.3) is 0 Å². The highest BCUT2D eigenvalue weighted by molar-refractivity contribution is 5.94. The molecular formula is C26H40N4O8. The molecule has 0 aliphatic rings. The van der Waals surface area contributed by atoms with E-state index >= 15 is 0 Å². The SMILES string of the molecule is CC(C)[C@H](NC(=O)[C@@H](NC(=O)[C@H](C)NC(=O)OCc1ccccc1)[C@@H](C)OC(C)(C)C)C(=O)NCC(=O)O. The fraction of sp³-hybridized carbons (Fsp3) is 0.577. The fourth-order valence-corrected chi connectivity index (χ4v) is 3.36. The molecule has 0 bridgehead atoms. The van der Waals surface area contributed by atoms with Gasteiger partial charge in [0.2, 0.25) is 17.7 Å². The Morgan fingerprint density at radius 1 is 0.842 bits per heavy atom. The van der Waals surface area contributed by atoms with Crippen LogP contribution in [-0.4, -0.2) is 71.3 Å². The second-order valence-corrected chi connectivity index (χ2v) is 10.2. The number of carbonyl (C=O) groups excluding carboxylic acids is 4. The zero-order valence-electron chi connectivity index (χ0n) is 23.0. The largest absolute Gasteiger partial charge is 0.480 e. The number of carboxylic acids is 1. The standard InChI is InChI=1S/C26H40N4O8/c1-15(2)20(23(34)27-13-19(31)32)29-24(35)21(17(4)38-26(5,6)7)30-22(33)16(3)28-25(36)37-14-18-11-9-8-10-12-18/h8-12,15-17,20-21H,13-14H2,1-7H3,(H,27,34)(H,28,36)(H,29,35)(H,30,33)(H,31,32)/t16-,17+,20-,21-/m0/s1. The Morgan fingerprint density at radius 2 is 1.42 bits per heavy atom. The Morgan fingerprint density at radius 3 is 1.95 bits per heavy atom. The minimum Gasteiger partial charge on any atom is -0.480 e. The summed E-state index contributed by atoms with van der Waals surface area (Å²) in [6, 6.07) is 5.65. The van der Waals surface area contributed by atoms with E-state index in [-0.39, 0.29) is 12.5 Å². The summed E-state index contributed by atoms with van der Waals surface area (Å²) >= 11 is 0. The molecule has 0 aliphatic carbocycles. The molecule has 0 spiro atoms. The lowest BCUT2D eigenvalue weighted by molar-refractivity contribution is -0.141. The van der Waals surface area contributed by atoms with E-state index in [1.165, 1.54) is 6.92 Å². The maximum Gasteiger partial charge on any atom is 0.408 e. The van der Waals surface area contributed by atoms with Crippen molar-refractivity contribution in [3.8, 4) is 0 Å². The quantitative estimate of drug-likeness (QED) is 0.251. The molecule has 0 aliphatic heterocycles. The molecule has 12 heteroatoms. The Bertz CT molecular complexity index is 962. The van der Waals surface area contributed by atoms with Gasteiger partial charge >= 0.3 is 12.1 Å². The second kappa shape index (κ2) is 14.9. The van der Waals surface area contributed by atoms with Crippen LogP contribution in [0.15, 0.2) is 30.3 Å². The Kier molecular flexibility index (Phi) is 12.7. The number of alkyl carbamates (subject to hydrolysis) is 1. The van der Waals surface area contributed by atoms with E-state index in [1.807, 2.05) is 6.07 Å². The molecule has 0 saturated carbocycles. The van der Waals surface area contributed by atoms with Crippen molar-refractivity contribution < 1.29 is 38.6 Å². The molecule has 0 radical (unpaired) electrons. The number of carbonyl (C=O) groups is 5. The van der Waals surface area contributed by atoms with Gasteiger partial charge in [0.1, 0.15) is 31.3 Å². The van der Waals surface area contributed by atoms with Gasteiger partial charge in [-0.25, -0.2) is 4.79 Å². The van der Waals surface area contributed by atoms with E-state index in [0.717, 1.165) is 5.56 Å². The first-order chi connectivity index (χ1) is 17.6. The van der Waals surface area contributed by atoms with Gasteiger partial charge in [-0.3, -0.25) is 19.2 Å². The van der Waals surface area contributed by atoms with E-state index in [9.17, 15) is 24.0 Å². The van der Waals surface area contributed by atoms with Crippen molar-refractivity contribution >= 4 is 29.8 Å². The van der Waals surface area contributed by atoms with Crippen molar-refractivity contribution in [1.82, 2.24) is 21.3 Å². The number of ether oxygens (including phenoxy) is 2. The maximum atomic E-state index is 13.3. The van der Waals surface area contributed by atoms with Gasteiger partial charge in [-0.2, -0.15) is 0 Å². The minimum atomic E-state index is -1.24. The summed E-state index contributed by atoms with van der Waals surface area (Å²) in [4.78, 5) is 61.6. The average Bonchev–Trinajstić information content (AvgIpc) is 2.81. The van der Waals surface area contributed by atoms with Crippen LogP contribution in [0.5, 0.6) is 0 Å². The lowest BCUT2D eigenvalue weighted by Crippen LogP contribution is -2.61. The molecule has 1 rings (SSSR count). The maximum absolute atomic E-state index is 13.3. The van der Waals surface area contributed by atoms with Crippen LogP contribution in [0.3, 0.4) is 0 Å². The molecule has 1 aromatic carbocycles. The van der Waals surface area contributed by atoms with Crippen molar-refractivity contribution in [3.05, 3.63) is 35.9 Å². The van der Waals surface area contributed by atoms with Gasteiger partial charge in [-0.15, -0.1) is 0 Å². The monoisotopic (exact) mass is 536 g/mol.